The lowest BCUT2D eigenvalue weighted by molar-refractivity contribution is -0.384. The molecule has 0 aliphatic heterocycles. The highest BCUT2D eigenvalue weighted by molar-refractivity contribution is 5.88. The molecule has 8 heteroatoms. The monoisotopic (exact) mass is 307 g/mol. The minimum atomic E-state index is -0.935. The highest BCUT2D eigenvalue weighted by atomic mass is 16.6. The molecular weight excluding hydrogens is 290 g/mol. The third kappa shape index (κ3) is 5.70. The molecule has 0 aliphatic rings. The van der Waals surface area contributed by atoms with Gasteiger partial charge in [-0.25, -0.2) is 0 Å². The number of carbonyl (C=O) groups excluding carboxylic acids is 3. The van der Waals surface area contributed by atoms with Gasteiger partial charge in [0.05, 0.1) is 11.3 Å². The van der Waals surface area contributed by atoms with E-state index in [0.717, 1.165) is 0 Å². The van der Waals surface area contributed by atoms with Gasteiger partial charge in [-0.05, 0) is 18.9 Å². The molecule has 0 aliphatic carbocycles. The molecule has 2 amide bonds. The van der Waals surface area contributed by atoms with Crippen LogP contribution in [0.2, 0.25) is 0 Å². The van der Waals surface area contributed by atoms with Crippen molar-refractivity contribution in [3.05, 3.63) is 39.9 Å². The second kappa shape index (κ2) is 7.87. The molecule has 3 N–H and O–H groups in total. The molecule has 1 aromatic rings. The third-order valence-corrected chi connectivity index (χ3v) is 2.95. The van der Waals surface area contributed by atoms with Crippen LogP contribution in [0.4, 0.5) is 5.69 Å². The molecule has 118 valence electrons. The van der Waals surface area contributed by atoms with Crippen molar-refractivity contribution in [1.82, 2.24) is 5.32 Å². The molecular formula is C14H17N3O5. The maximum atomic E-state index is 11.9. The Morgan fingerprint density at radius 3 is 2.59 bits per heavy atom. The molecule has 0 heterocycles. The molecule has 0 unspecified atom stereocenters. The number of nitrogens with one attached hydrogen (secondary N) is 1. The van der Waals surface area contributed by atoms with E-state index < -0.39 is 22.8 Å². The lowest BCUT2D eigenvalue weighted by Crippen LogP contribution is -2.45. The van der Waals surface area contributed by atoms with E-state index in [2.05, 4.69) is 5.32 Å². The summed E-state index contributed by atoms with van der Waals surface area (Å²) in [7, 11) is 0. The van der Waals surface area contributed by atoms with Gasteiger partial charge in [-0.2, -0.15) is 0 Å². The summed E-state index contributed by atoms with van der Waals surface area (Å²) in [4.78, 5) is 44.2. The summed E-state index contributed by atoms with van der Waals surface area (Å²) in [5.41, 5.74) is 5.50. The predicted molar refractivity (Wildman–Crippen MR) is 77.8 cm³/mol. The number of Topliss-reactive ketones (excluding diaryl/α,β-unsaturated/α-hetero) is 1. The van der Waals surface area contributed by atoms with Crippen molar-refractivity contribution in [1.29, 1.82) is 0 Å². The fourth-order valence-corrected chi connectivity index (χ4v) is 1.84. The fraction of sp³-hybridized carbons (Fsp3) is 0.357. The highest BCUT2D eigenvalue weighted by Gasteiger charge is 2.19. The molecule has 0 fully saturated rings. The van der Waals surface area contributed by atoms with Gasteiger partial charge in [-0.3, -0.25) is 19.7 Å². The van der Waals surface area contributed by atoms with Gasteiger partial charge in [0.15, 0.2) is 0 Å². The van der Waals surface area contributed by atoms with Gasteiger partial charge in [-0.15, -0.1) is 0 Å². The second-order valence-electron chi connectivity index (χ2n) is 4.87. The Morgan fingerprint density at radius 1 is 1.36 bits per heavy atom. The Bertz CT molecular complexity index is 600. The number of nitro groups is 1. The zero-order chi connectivity index (χ0) is 16.7. The predicted octanol–water partition coefficient (Wildman–Crippen LogP) is 0.477. The number of carbonyl (C=O) groups is 3. The molecule has 8 nitrogen and oxygen atoms in total. The van der Waals surface area contributed by atoms with E-state index in [0.29, 0.717) is 5.56 Å². The molecule has 1 atom stereocenters. The van der Waals surface area contributed by atoms with E-state index >= 15 is 0 Å². The second-order valence-corrected chi connectivity index (χ2v) is 4.87. The van der Waals surface area contributed by atoms with Crippen LogP contribution in [0.1, 0.15) is 25.3 Å². The van der Waals surface area contributed by atoms with Crippen molar-refractivity contribution < 1.29 is 19.3 Å². The van der Waals surface area contributed by atoms with Crippen molar-refractivity contribution in [2.24, 2.45) is 5.73 Å². The summed E-state index contributed by atoms with van der Waals surface area (Å²) in [6.07, 6.45) is 0.140. The largest absolute Gasteiger partial charge is 0.368 e. The molecule has 0 spiro atoms. The number of nitro benzene ring substituents is 1. The van der Waals surface area contributed by atoms with Crippen LogP contribution >= 0.6 is 0 Å². The minimum absolute atomic E-state index is 0.112. The van der Waals surface area contributed by atoms with Crippen LogP contribution in [-0.2, 0) is 20.8 Å². The highest BCUT2D eigenvalue weighted by Crippen LogP contribution is 2.13. The van der Waals surface area contributed by atoms with Gasteiger partial charge in [0, 0.05) is 18.6 Å². The SMILES string of the molecule is CC(=O)CC[C@@H](NC(=O)Cc1cccc([N+](=O)[O-])c1)C(N)=O. The number of hydrogen-bond acceptors (Lipinski definition) is 5. The Labute approximate surface area is 126 Å². The molecule has 22 heavy (non-hydrogen) atoms. The zero-order valence-corrected chi connectivity index (χ0v) is 12.1. The van der Waals surface area contributed by atoms with Crippen LogP contribution in [0.5, 0.6) is 0 Å². The van der Waals surface area contributed by atoms with E-state index in [1.54, 1.807) is 6.07 Å². The van der Waals surface area contributed by atoms with E-state index in [1.165, 1.54) is 25.1 Å². The summed E-state index contributed by atoms with van der Waals surface area (Å²) in [5, 5.41) is 13.1. The number of amides is 2. The Kier molecular flexibility index (Phi) is 6.18. The molecule has 1 aromatic carbocycles. The zero-order valence-electron chi connectivity index (χ0n) is 12.1. The molecule has 0 radical (unpaired) electrons. The Morgan fingerprint density at radius 2 is 2.05 bits per heavy atom. The van der Waals surface area contributed by atoms with Crippen LogP contribution in [-0.4, -0.2) is 28.6 Å². The first kappa shape index (κ1) is 17.3. The third-order valence-electron chi connectivity index (χ3n) is 2.95. The van der Waals surface area contributed by atoms with Crippen LogP contribution in [0.15, 0.2) is 24.3 Å². The van der Waals surface area contributed by atoms with Gasteiger partial charge in [0.1, 0.15) is 11.8 Å². The van der Waals surface area contributed by atoms with Crippen molar-refractivity contribution in [2.45, 2.75) is 32.2 Å². The van der Waals surface area contributed by atoms with Crippen LogP contribution in [0, 0.1) is 10.1 Å². The summed E-state index contributed by atoms with van der Waals surface area (Å²) < 4.78 is 0. The first-order valence-electron chi connectivity index (χ1n) is 6.61. The lowest BCUT2D eigenvalue weighted by Gasteiger charge is -2.14. The summed E-state index contributed by atoms with van der Waals surface area (Å²) in [6, 6.07) is 4.72. The number of nitrogens with zero attached hydrogens (tertiary/aromatic N) is 1. The first-order chi connectivity index (χ1) is 10.3. The number of non-ortho nitro benzene ring substituents is 1. The van der Waals surface area contributed by atoms with E-state index in [-0.39, 0.29) is 30.7 Å². The van der Waals surface area contributed by atoms with Crippen molar-refractivity contribution in [3.63, 3.8) is 0 Å². The van der Waals surface area contributed by atoms with Gasteiger partial charge < -0.3 is 15.8 Å². The van der Waals surface area contributed by atoms with Gasteiger partial charge in [0.2, 0.25) is 11.8 Å². The number of hydrogen-bond donors (Lipinski definition) is 2. The number of rotatable bonds is 8. The van der Waals surface area contributed by atoms with Gasteiger partial charge in [0.25, 0.3) is 5.69 Å². The molecule has 0 saturated heterocycles. The first-order valence-corrected chi connectivity index (χ1v) is 6.61. The van der Waals surface area contributed by atoms with Crippen molar-refractivity contribution >= 4 is 23.3 Å². The standard InChI is InChI=1S/C14H17N3O5/c1-9(18)5-6-12(14(15)20)16-13(19)8-10-3-2-4-11(7-10)17(21)22/h2-4,7,12H,5-6,8H2,1H3,(H2,15,20)(H,16,19)/t12-/m1/s1. The van der Waals surface area contributed by atoms with Crippen LogP contribution < -0.4 is 11.1 Å². The maximum absolute atomic E-state index is 11.9. The van der Waals surface area contributed by atoms with Crippen LogP contribution in [0.25, 0.3) is 0 Å². The number of primary amides is 1. The lowest BCUT2D eigenvalue weighted by atomic mass is 10.1. The topological polar surface area (TPSA) is 132 Å². The number of nitrogens with two attached hydrogens (primary N) is 1. The summed E-state index contributed by atoms with van der Waals surface area (Å²) in [5.74, 6) is -1.33. The van der Waals surface area contributed by atoms with Gasteiger partial charge >= 0.3 is 0 Å². The fourth-order valence-electron chi connectivity index (χ4n) is 1.84. The van der Waals surface area contributed by atoms with Gasteiger partial charge in [-0.1, -0.05) is 12.1 Å². The number of benzene rings is 1. The summed E-state index contributed by atoms with van der Waals surface area (Å²) >= 11 is 0. The molecule has 1 rings (SSSR count). The van der Waals surface area contributed by atoms with E-state index in [4.69, 9.17) is 5.73 Å². The minimum Gasteiger partial charge on any atom is -0.368 e. The summed E-state index contributed by atoms with van der Waals surface area (Å²) in [6.45, 7) is 1.38. The Balaban J connectivity index is 2.67. The van der Waals surface area contributed by atoms with E-state index in [9.17, 15) is 24.5 Å². The number of ketones is 1. The smallest absolute Gasteiger partial charge is 0.269 e. The molecule has 0 aromatic heterocycles. The normalized spacial score (nSPS) is 11.5. The van der Waals surface area contributed by atoms with Crippen LogP contribution in [0.3, 0.4) is 0 Å². The van der Waals surface area contributed by atoms with E-state index in [1.807, 2.05) is 0 Å². The Hall–Kier alpha value is -2.77. The maximum Gasteiger partial charge on any atom is 0.269 e. The van der Waals surface area contributed by atoms with Crippen molar-refractivity contribution in [3.8, 4) is 0 Å². The quantitative estimate of drug-likeness (QED) is 0.532. The average molecular weight is 307 g/mol. The molecule has 0 bridgehead atoms. The van der Waals surface area contributed by atoms with Crippen molar-refractivity contribution in [2.75, 3.05) is 0 Å². The average Bonchev–Trinajstić information content (AvgIpc) is 2.43. The molecule has 0 saturated carbocycles.